The first-order valence-corrected chi connectivity index (χ1v) is 6.63. The third-order valence-electron chi connectivity index (χ3n) is 3.38. The van der Waals surface area contributed by atoms with Crippen LogP contribution in [0.1, 0.15) is 29.6 Å². The largest absolute Gasteiger partial charge is 0.385 e. The number of aromatic nitrogens is 1. The molecular weight excluding hydrogens is 252 g/mol. The minimum absolute atomic E-state index is 0.205. The summed E-state index contributed by atoms with van der Waals surface area (Å²) in [6, 6.07) is 0. The molecule has 0 spiro atoms. The van der Waals surface area contributed by atoms with Crippen LogP contribution in [0.3, 0.4) is 0 Å². The van der Waals surface area contributed by atoms with Crippen molar-refractivity contribution in [2.24, 2.45) is 11.1 Å². The summed E-state index contributed by atoms with van der Waals surface area (Å²) < 4.78 is 9.06. The van der Waals surface area contributed by atoms with Gasteiger partial charge in [-0.15, -0.1) is 0 Å². The number of nitrogens with one attached hydrogen (secondary N) is 1. The fraction of sp³-hybridized carbons (Fsp3) is 0.636. The Balaban J connectivity index is 1.96. The number of amides is 1. The summed E-state index contributed by atoms with van der Waals surface area (Å²) in [5.74, 6) is -0.331. The Hall–Kier alpha value is -1.34. The summed E-state index contributed by atoms with van der Waals surface area (Å²) in [5, 5.41) is 3.92. The average Bonchev–Trinajstić information content (AvgIpc) is 3.01. The van der Waals surface area contributed by atoms with Gasteiger partial charge in [-0.3, -0.25) is 4.79 Å². The van der Waals surface area contributed by atoms with Gasteiger partial charge < -0.3 is 21.5 Å². The molecule has 1 heterocycles. The molecule has 0 radical (unpaired) electrons. The van der Waals surface area contributed by atoms with Crippen molar-refractivity contribution in [2.45, 2.75) is 19.3 Å². The minimum atomic E-state index is -0.537. The topological polar surface area (TPSA) is 103 Å². The molecular formula is C11H18N4O2S. The molecule has 0 atom stereocenters. The third-order valence-corrected chi connectivity index (χ3v) is 4.20. The normalized spacial score (nSPS) is 16.5. The summed E-state index contributed by atoms with van der Waals surface area (Å²) >= 11 is 1.18. The Morgan fingerprint density at radius 2 is 2.33 bits per heavy atom. The standard InChI is InChI=1S/C11H18N4O2S/c1-17-5-4-11(2-3-11)6-14-10-7(9(13)16)8(12)15-18-10/h14H,2-6H2,1H3,(H2,12,15)(H2,13,16). The van der Waals surface area contributed by atoms with Crippen molar-refractivity contribution in [1.29, 1.82) is 0 Å². The lowest BCUT2D eigenvalue weighted by Crippen LogP contribution is -2.19. The van der Waals surface area contributed by atoms with E-state index in [1.807, 2.05) is 0 Å². The molecule has 1 aliphatic carbocycles. The predicted octanol–water partition coefficient (Wildman–Crippen LogP) is 1.05. The Morgan fingerprint density at radius 1 is 1.61 bits per heavy atom. The van der Waals surface area contributed by atoms with E-state index in [2.05, 4.69) is 9.69 Å². The smallest absolute Gasteiger partial charge is 0.255 e. The number of carbonyl (C=O) groups is 1. The Bertz CT molecular complexity index is 442. The molecule has 1 aliphatic rings. The maximum Gasteiger partial charge on any atom is 0.255 e. The van der Waals surface area contributed by atoms with Gasteiger partial charge in [0.1, 0.15) is 10.6 Å². The number of ether oxygens (including phenoxy) is 1. The van der Waals surface area contributed by atoms with Crippen LogP contribution in [0, 0.1) is 5.41 Å². The van der Waals surface area contributed by atoms with Crippen LogP contribution < -0.4 is 16.8 Å². The number of methoxy groups -OCH3 is 1. The number of hydrogen-bond acceptors (Lipinski definition) is 6. The number of primary amides is 1. The lowest BCUT2D eigenvalue weighted by Gasteiger charge is -2.15. The molecule has 1 fully saturated rings. The summed E-state index contributed by atoms with van der Waals surface area (Å²) in [6.07, 6.45) is 3.39. The number of carbonyl (C=O) groups excluding carboxylic acids is 1. The van der Waals surface area contributed by atoms with E-state index in [4.69, 9.17) is 16.2 Å². The van der Waals surface area contributed by atoms with Gasteiger partial charge in [-0.2, -0.15) is 4.37 Å². The highest BCUT2D eigenvalue weighted by Gasteiger charge is 2.42. The molecule has 2 rings (SSSR count). The molecule has 1 saturated carbocycles. The van der Waals surface area contributed by atoms with Crippen LogP contribution in [-0.4, -0.2) is 30.5 Å². The molecule has 6 nitrogen and oxygen atoms in total. The molecule has 18 heavy (non-hydrogen) atoms. The summed E-state index contributed by atoms with van der Waals surface area (Å²) in [6.45, 7) is 1.56. The molecule has 1 amide bonds. The number of rotatable bonds is 7. The molecule has 0 unspecified atom stereocenters. The van der Waals surface area contributed by atoms with Gasteiger partial charge in [0.15, 0.2) is 5.82 Å². The maximum absolute atomic E-state index is 11.3. The number of anilines is 2. The van der Waals surface area contributed by atoms with Crippen molar-refractivity contribution in [3.63, 3.8) is 0 Å². The highest BCUT2D eigenvalue weighted by molar-refractivity contribution is 7.11. The highest BCUT2D eigenvalue weighted by atomic mass is 32.1. The molecule has 5 N–H and O–H groups in total. The fourth-order valence-electron chi connectivity index (χ4n) is 1.94. The van der Waals surface area contributed by atoms with E-state index >= 15 is 0 Å². The minimum Gasteiger partial charge on any atom is -0.385 e. The predicted molar refractivity (Wildman–Crippen MR) is 71.7 cm³/mol. The third kappa shape index (κ3) is 2.73. The van der Waals surface area contributed by atoms with Crippen molar-refractivity contribution in [3.8, 4) is 0 Å². The maximum atomic E-state index is 11.3. The van der Waals surface area contributed by atoms with E-state index < -0.39 is 5.91 Å². The van der Waals surface area contributed by atoms with E-state index in [1.165, 1.54) is 24.4 Å². The zero-order valence-electron chi connectivity index (χ0n) is 10.4. The van der Waals surface area contributed by atoms with E-state index in [1.54, 1.807) is 7.11 Å². The highest BCUT2D eigenvalue weighted by Crippen LogP contribution is 2.49. The van der Waals surface area contributed by atoms with Crippen LogP contribution >= 0.6 is 11.5 Å². The van der Waals surface area contributed by atoms with Gasteiger partial charge in [-0.05, 0) is 36.2 Å². The van der Waals surface area contributed by atoms with Crippen molar-refractivity contribution in [2.75, 3.05) is 31.3 Å². The van der Waals surface area contributed by atoms with E-state index in [0.717, 1.165) is 19.6 Å². The Morgan fingerprint density at radius 3 is 2.89 bits per heavy atom. The van der Waals surface area contributed by atoms with Crippen LogP contribution in [0.5, 0.6) is 0 Å². The second-order valence-electron chi connectivity index (χ2n) is 4.73. The molecule has 100 valence electrons. The second kappa shape index (κ2) is 5.11. The molecule has 7 heteroatoms. The van der Waals surface area contributed by atoms with Crippen molar-refractivity contribution in [3.05, 3.63) is 5.56 Å². The van der Waals surface area contributed by atoms with E-state index in [0.29, 0.717) is 16.0 Å². The zero-order valence-corrected chi connectivity index (χ0v) is 11.2. The van der Waals surface area contributed by atoms with Gasteiger partial charge in [-0.1, -0.05) is 0 Å². The monoisotopic (exact) mass is 270 g/mol. The van der Waals surface area contributed by atoms with Gasteiger partial charge >= 0.3 is 0 Å². The average molecular weight is 270 g/mol. The van der Waals surface area contributed by atoms with Crippen LogP contribution in [0.25, 0.3) is 0 Å². The molecule has 0 aliphatic heterocycles. The van der Waals surface area contributed by atoms with Gasteiger partial charge in [0.05, 0.1) is 0 Å². The first-order valence-electron chi connectivity index (χ1n) is 5.86. The number of hydrogen-bond donors (Lipinski definition) is 3. The fourth-order valence-corrected chi connectivity index (χ4v) is 2.65. The van der Waals surface area contributed by atoms with Crippen molar-refractivity contribution in [1.82, 2.24) is 4.37 Å². The number of nitrogens with zero attached hydrogens (tertiary/aromatic N) is 1. The first kappa shape index (κ1) is 13.1. The van der Waals surface area contributed by atoms with Crippen LogP contribution in [-0.2, 0) is 4.74 Å². The van der Waals surface area contributed by atoms with Crippen LogP contribution in [0.4, 0.5) is 10.8 Å². The number of nitrogens with two attached hydrogens (primary N) is 2. The second-order valence-corrected chi connectivity index (χ2v) is 5.51. The lowest BCUT2D eigenvalue weighted by molar-refractivity contribution is 0.100. The molecule has 0 bridgehead atoms. The molecule has 0 saturated heterocycles. The van der Waals surface area contributed by atoms with Crippen LogP contribution in [0.2, 0.25) is 0 Å². The molecule has 0 aromatic carbocycles. The van der Waals surface area contributed by atoms with E-state index in [-0.39, 0.29) is 5.82 Å². The van der Waals surface area contributed by atoms with Crippen molar-refractivity contribution >= 4 is 28.3 Å². The SMILES string of the molecule is COCCC1(CNc2snc(N)c2C(N)=O)CC1. The van der Waals surface area contributed by atoms with Gasteiger partial charge in [0, 0.05) is 20.3 Å². The lowest BCUT2D eigenvalue weighted by atomic mass is 10.0. The Kier molecular flexibility index (Phi) is 3.72. The van der Waals surface area contributed by atoms with Gasteiger partial charge in [0.2, 0.25) is 0 Å². The molecule has 1 aromatic rings. The Labute approximate surface area is 110 Å². The van der Waals surface area contributed by atoms with E-state index in [9.17, 15) is 4.79 Å². The zero-order chi connectivity index (χ0) is 13.2. The number of nitrogen functional groups attached to an aromatic ring is 1. The summed E-state index contributed by atoms with van der Waals surface area (Å²) in [5.41, 5.74) is 11.5. The van der Waals surface area contributed by atoms with Gasteiger partial charge in [-0.25, -0.2) is 0 Å². The molecule has 1 aromatic heterocycles. The quantitative estimate of drug-likeness (QED) is 0.687. The van der Waals surface area contributed by atoms with Crippen LogP contribution in [0.15, 0.2) is 0 Å². The summed E-state index contributed by atoms with van der Waals surface area (Å²) in [7, 11) is 1.71. The van der Waals surface area contributed by atoms with Crippen molar-refractivity contribution < 1.29 is 9.53 Å². The summed E-state index contributed by atoms with van der Waals surface area (Å²) in [4.78, 5) is 11.3. The van der Waals surface area contributed by atoms with Gasteiger partial charge in [0.25, 0.3) is 5.91 Å². The first-order chi connectivity index (χ1) is 8.58.